The summed E-state index contributed by atoms with van der Waals surface area (Å²) in [7, 11) is 0. The second-order valence-electron chi connectivity index (χ2n) is 9.19. The minimum Gasteiger partial charge on any atom is -0.381 e. The lowest BCUT2D eigenvalue weighted by atomic mass is 10.0. The number of anilines is 1. The zero-order valence-corrected chi connectivity index (χ0v) is 17.4. The van der Waals surface area contributed by atoms with Gasteiger partial charge in [0.1, 0.15) is 11.6 Å². The van der Waals surface area contributed by atoms with Crippen LogP contribution in [0.3, 0.4) is 0 Å². The second kappa shape index (κ2) is 8.74. The topological polar surface area (TPSA) is 50.3 Å². The summed E-state index contributed by atoms with van der Waals surface area (Å²) in [5.41, 5.74) is -0.123. The number of likely N-dealkylation sites (tertiary alicyclic amines) is 1. The van der Waals surface area contributed by atoms with Crippen molar-refractivity contribution in [2.45, 2.75) is 31.7 Å². The molecule has 3 fully saturated rings. The van der Waals surface area contributed by atoms with Gasteiger partial charge < -0.3 is 15.0 Å². The summed E-state index contributed by atoms with van der Waals surface area (Å²) in [6, 6.07) is 5.01. The molecular weight excluding hydrogens is 405 g/mol. The molecule has 1 aromatic heterocycles. The maximum Gasteiger partial charge on any atom is 0.168 e. The Morgan fingerprint density at radius 3 is 2.55 bits per heavy atom. The molecule has 5 rings (SSSR count). The van der Waals surface area contributed by atoms with Gasteiger partial charge in [0.2, 0.25) is 0 Å². The highest BCUT2D eigenvalue weighted by atomic mass is 19.2. The fraction of sp³-hybridized carbons (Fsp3) is 0.565. The minimum absolute atomic E-state index is 0.104. The smallest absolute Gasteiger partial charge is 0.168 e. The van der Waals surface area contributed by atoms with Gasteiger partial charge in [0.25, 0.3) is 0 Å². The quantitative estimate of drug-likeness (QED) is 0.721. The van der Waals surface area contributed by atoms with E-state index in [1.807, 2.05) is 0 Å². The average molecular weight is 432 g/mol. The molecule has 4 atom stereocenters. The molecule has 3 aliphatic rings. The molecule has 2 saturated heterocycles. The Kier molecular flexibility index (Phi) is 5.84. The highest BCUT2D eigenvalue weighted by molar-refractivity contribution is 5.60. The first-order chi connectivity index (χ1) is 15.0. The van der Waals surface area contributed by atoms with Gasteiger partial charge in [-0.15, -0.1) is 10.2 Å². The Labute approximate surface area is 180 Å². The molecule has 0 amide bonds. The number of benzene rings is 1. The van der Waals surface area contributed by atoms with Crippen LogP contribution in [0.25, 0.3) is 11.3 Å². The summed E-state index contributed by atoms with van der Waals surface area (Å²) < 4.78 is 46.5. The molecule has 3 unspecified atom stereocenters. The van der Waals surface area contributed by atoms with Gasteiger partial charge in [-0.25, -0.2) is 13.2 Å². The van der Waals surface area contributed by atoms with E-state index in [0.717, 1.165) is 51.8 Å². The molecule has 1 aliphatic carbocycles. The van der Waals surface area contributed by atoms with Crippen LogP contribution in [0.4, 0.5) is 19.0 Å². The van der Waals surface area contributed by atoms with Crippen molar-refractivity contribution in [1.82, 2.24) is 15.1 Å². The Morgan fingerprint density at radius 1 is 1.06 bits per heavy atom. The fourth-order valence-electron chi connectivity index (χ4n) is 5.48. The van der Waals surface area contributed by atoms with Crippen LogP contribution in [0.1, 0.15) is 25.7 Å². The van der Waals surface area contributed by atoms with Crippen LogP contribution < -0.4 is 5.32 Å². The van der Waals surface area contributed by atoms with Crippen molar-refractivity contribution in [2.75, 3.05) is 38.2 Å². The molecule has 2 aliphatic heterocycles. The van der Waals surface area contributed by atoms with Crippen molar-refractivity contribution in [1.29, 1.82) is 0 Å². The lowest BCUT2D eigenvalue weighted by Crippen LogP contribution is -2.33. The van der Waals surface area contributed by atoms with Gasteiger partial charge in [0, 0.05) is 43.9 Å². The maximum absolute atomic E-state index is 14.0. The van der Waals surface area contributed by atoms with Gasteiger partial charge in [0.15, 0.2) is 11.6 Å². The molecule has 3 heterocycles. The van der Waals surface area contributed by atoms with Crippen molar-refractivity contribution in [3.05, 3.63) is 41.7 Å². The Bertz CT molecular complexity index is 906. The van der Waals surface area contributed by atoms with E-state index in [4.69, 9.17) is 4.74 Å². The molecule has 1 N–H and O–H groups in total. The van der Waals surface area contributed by atoms with Gasteiger partial charge in [-0.3, -0.25) is 0 Å². The lowest BCUT2D eigenvalue weighted by Gasteiger charge is -2.27. The van der Waals surface area contributed by atoms with E-state index in [0.29, 0.717) is 35.7 Å². The summed E-state index contributed by atoms with van der Waals surface area (Å²) >= 11 is 0. The molecule has 1 saturated carbocycles. The predicted molar refractivity (Wildman–Crippen MR) is 111 cm³/mol. The summed E-state index contributed by atoms with van der Waals surface area (Å²) in [6.45, 7) is 5.25. The SMILES string of the molecule is Fc1cc(F)c(F)c(-c2ccc(NC3CC4CN(CC5CCCOC5)C[C@H]4C3)nn2)c1. The van der Waals surface area contributed by atoms with Crippen molar-refractivity contribution in [2.24, 2.45) is 17.8 Å². The summed E-state index contributed by atoms with van der Waals surface area (Å²) in [6.07, 6.45) is 4.64. The molecule has 1 aromatic carbocycles. The van der Waals surface area contributed by atoms with Crippen molar-refractivity contribution < 1.29 is 17.9 Å². The number of hydrogen-bond acceptors (Lipinski definition) is 5. The zero-order valence-electron chi connectivity index (χ0n) is 17.4. The number of ether oxygens (including phenoxy) is 1. The lowest BCUT2D eigenvalue weighted by molar-refractivity contribution is 0.0407. The number of rotatable bonds is 5. The largest absolute Gasteiger partial charge is 0.381 e. The number of nitrogens with one attached hydrogen (secondary N) is 1. The zero-order chi connectivity index (χ0) is 21.4. The normalized spacial score (nSPS) is 28.6. The molecule has 0 spiro atoms. The maximum atomic E-state index is 14.0. The van der Waals surface area contributed by atoms with E-state index in [9.17, 15) is 13.2 Å². The van der Waals surface area contributed by atoms with Gasteiger partial charge in [0.05, 0.1) is 12.3 Å². The van der Waals surface area contributed by atoms with Gasteiger partial charge in [-0.05, 0) is 61.6 Å². The van der Waals surface area contributed by atoms with Crippen LogP contribution in [-0.2, 0) is 4.74 Å². The number of aromatic nitrogens is 2. The first-order valence-corrected chi connectivity index (χ1v) is 11.1. The van der Waals surface area contributed by atoms with Crippen molar-refractivity contribution in [3.63, 3.8) is 0 Å². The molecule has 5 nitrogen and oxygen atoms in total. The third kappa shape index (κ3) is 4.55. The van der Waals surface area contributed by atoms with Crippen molar-refractivity contribution >= 4 is 5.82 Å². The average Bonchev–Trinajstić information content (AvgIpc) is 3.30. The highest BCUT2D eigenvalue weighted by Gasteiger charge is 2.41. The van der Waals surface area contributed by atoms with Crippen LogP contribution in [0.2, 0.25) is 0 Å². The molecule has 0 radical (unpaired) electrons. The van der Waals surface area contributed by atoms with Gasteiger partial charge in [-0.1, -0.05) is 0 Å². The fourth-order valence-corrected chi connectivity index (χ4v) is 5.48. The monoisotopic (exact) mass is 432 g/mol. The molecule has 8 heteroatoms. The van der Waals surface area contributed by atoms with E-state index in [1.165, 1.54) is 18.9 Å². The molecule has 166 valence electrons. The van der Waals surface area contributed by atoms with Gasteiger partial charge >= 0.3 is 0 Å². The van der Waals surface area contributed by atoms with Crippen LogP contribution in [0.15, 0.2) is 24.3 Å². The summed E-state index contributed by atoms with van der Waals surface area (Å²) in [4.78, 5) is 2.60. The Balaban J connectivity index is 1.16. The second-order valence-corrected chi connectivity index (χ2v) is 9.19. The van der Waals surface area contributed by atoms with Gasteiger partial charge in [-0.2, -0.15) is 0 Å². The molecule has 0 bridgehead atoms. The Morgan fingerprint density at radius 2 is 1.87 bits per heavy atom. The molecule has 2 aromatic rings. The minimum atomic E-state index is -1.23. The van der Waals surface area contributed by atoms with Crippen LogP contribution in [-0.4, -0.2) is 54.0 Å². The number of fused-ring (bicyclic) bond motifs is 1. The first-order valence-electron chi connectivity index (χ1n) is 11.1. The summed E-state index contributed by atoms with van der Waals surface area (Å²) in [5.74, 6) is -0.544. The first kappa shape index (κ1) is 20.7. The number of halogens is 3. The molecular formula is C23H27F3N4O. The van der Waals surface area contributed by atoms with E-state index in [-0.39, 0.29) is 11.3 Å². The van der Waals surface area contributed by atoms with Crippen LogP contribution in [0.5, 0.6) is 0 Å². The standard InChI is InChI=1S/C23H27F3N4O/c24-17-8-19(23(26)20(25)9-17)21-3-4-22(29-28-21)27-18-6-15-11-30(12-16(15)7-18)10-14-2-1-5-31-13-14/h3-4,8-9,14-16,18H,1-2,5-7,10-13H2,(H,27,29)/t14?,15-,16?,18?/m1/s1. The van der Waals surface area contributed by atoms with E-state index in [1.54, 1.807) is 6.07 Å². The third-order valence-corrected chi connectivity index (χ3v) is 6.88. The van der Waals surface area contributed by atoms with E-state index >= 15 is 0 Å². The van der Waals surface area contributed by atoms with E-state index in [2.05, 4.69) is 20.4 Å². The predicted octanol–water partition coefficient (Wildman–Crippen LogP) is 4.11. The van der Waals surface area contributed by atoms with E-state index < -0.39 is 17.5 Å². The number of hydrogen-bond donors (Lipinski definition) is 1. The molecule has 31 heavy (non-hydrogen) atoms. The van der Waals surface area contributed by atoms with Crippen molar-refractivity contribution in [3.8, 4) is 11.3 Å². The highest BCUT2D eigenvalue weighted by Crippen LogP contribution is 2.39. The van der Waals surface area contributed by atoms with Crippen LogP contribution in [0, 0.1) is 35.2 Å². The Hall–Kier alpha value is -2.19. The van der Waals surface area contributed by atoms with Crippen LogP contribution >= 0.6 is 0 Å². The summed E-state index contributed by atoms with van der Waals surface area (Å²) in [5, 5.41) is 11.5. The third-order valence-electron chi connectivity index (χ3n) is 6.88. The number of nitrogens with zero attached hydrogens (tertiary/aromatic N) is 3.